The Labute approximate surface area is 82.1 Å². The van der Waals surface area contributed by atoms with E-state index in [0.29, 0.717) is 10.9 Å². The van der Waals surface area contributed by atoms with Gasteiger partial charge in [-0.05, 0) is 30.1 Å². The lowest BCUT2D eigenvalue weighted by molar-refractivity contribution is 0.460. The molecule has 6 heteroatoms. The Bertz CT molecular complexity index is 587. The van der Waals surface area contributed by atoms with Crippen LogP contribution < -0.4 is 16.5 Å². The first-order valence-electron chi connectivity index (χ1n) is 3.74. The summed E-state index contributed by atoms with van der Waals surface area (Å²) in [5, 5.41) is 5.65. The van der Waals surface area contributed by atoms with E-state index in [4.69, 9.17) is 5.14 Å². The van der Waals surface area contributed by atoms with Gasteiger partial charge in [0.1, 0.15) is 0 Å². The first-order valence-corrected chi connectivity index (χ1v) is 4.62. The van der Waals surface area contributed by atoms with Crippen molar-refractivity contribution in [1.29, 1.82) is 0 Å². The van der Waals surface area contributed by atoms with E-state index < -0.39 is 11.4 Å². The predicted molar refractivity (Wildman–Crippen MR) is 53.1 cm³/mol. The van der Waals surface area contributed by atoms with Crippen LogP contribution >= 0.6 is 11.9 Å². The van der Waals surface area contributed by atoms with E-state index in [1.54, 1.807) is 18.2 Å². The molecule has 14 heavy (non-hydrogen) atoms. The molecule has 5 nitrogen and oxygen atoms in total. The summed E-state index contributed by atoms with van der Waals surface area (Å²) in [6, 6.07) is 4.90. The maximum Gasteiger partial charge on any atom is 0.419 e. The van der Waals surface area contributed by atoms with Crippen LogP contribution in [0.4, 0.5) is 0 Å². The normalized spacial score (nSPS) is 10.6. The topological polar surface area (TPSA) is 89.1 Å². The Morgan fingerprint density at radius 3 is 2.86 bits per heavy atom. The zero-order chi connectivity index (χ0) is 10.1. The van der Waals surface area contributed by atoms with Crippen molar-refractivity contribution in [2.24, 2.45) is 5.14 Å². The van der Waals surface area contributed by atoms with Gasteiger partial charge in [0.05, 0.1) is 10.9 Å². The largest absolute Gasteiger partial charge is 0.419 e. The van der Waals surface area contributed by atoms with Crippen molar-refractivity contribution in [2.45, 2.75) is 4.90 Å². The maximum absolute atomic E-state index is 11.2. The van der Waals surface area contributed by atoms with Gasteiger partial charge < -0.3 is 4.42 Å². The highest BCUT2D eigenvalue weighted by molar-refractivity contribution is 7.97. The number of hydrogen-bond acceptors (Lipinski definition) is 5. The second-order valence-electron chi connectivity index (χ2n) is 2.63. The summed E-state index contributed by atoms with van der Waals surface area (Å²) in [5.74, 6) is -0.754. The molecule has 0 amide bonds. The van der Waals surface area contributed by atoms with E-state index >= 15 is 0 Å². The van der Waals surface area contributed by atoms with Crippen molar-refractivity contribution in [3.05, 3.63) is 39.2 Å². The van der Waals surface area contributed by atoms with Crippen molar-refractivity contribution >= 4 is 22.9 Å². The molecule has 0 bridgehead atoms. The summed E-state index contributed by atoms with van der Waals surface area (Å²) in [6.45, 7) is 0. The van der Waals surface area contributed by atoms with Gasteiger partial charge in [-0.25, -0.2) is 9.59 Å². The van der Waals surface area contributed by atoms with Crippen LogP contribution in [-0.2, 0) is 0 Å². The highest BCUT2D eigenvalue weighted by atomic mass is 32.2. The minimum atomic E-state index is -0.754. The standard InChI is InChI=1S/C8H6N2O3S/c9-14-4-1-2-6-5(3-4)7(11)13-8(12)10-6/h1-3H,9H2,(H,10,12). The molecule has 0 aliphatic rings. The molecule has 3 N–H and O–H groups in total. The highest BCUT2D eigenvalue weighted by Crippen LogP contribution is 2.15. The molecule has 1 aromatic heterocycles. The Morgan fingerprint density at radius 2 is 2.14 bits per heavy atom. The highest BCUT2D eigenvalue weighted by Gasteiger charge is 2.02. The number of hydrogen-bond donors (Lipinski definition) is 2. The van der Waals surface area contributed by atoms with Gasteiger partial charge >= 0.3 is 11.4 Å². The fourth-order valence-electron chi connectivity index (χ4n) is 1.15. The monoisotopic (exact) mass is 210 g/mol. The molecule has 0 saturated carbocycles. The average Bonchev–Trinajstić information content (AvgIpc) is 2.17. The molecule has 0 atom stereocenters. The van der Waals surface area contributed by atoms with E-state index in [1.807, 2.05) is 0 Å². The average molecular weight is 210 g/mol. The number of H-pyrrole nitrogens is 1. The molecular formula is C8H6N2O3S. The van der Waals surface area contributed by atoms with Crippen LogP contribution in [0.15, 0.2) is 37.1 Å². The number of nitrogens with two attached hydrogens (primary N) is 1. The van der Waals surface area contributed by atoms with Crippen LogP contribution in [-0.4, -0.2) is 4.98 Å². The molecule has 72 valence electrons. The molecule has 0 spiro atoms. The number of rotatable bonds is 1. The minimum absolute atomic E-state index is 0.319. The number of benzene rings is 1. The van der Waals surface area contributed by atoms with Crippen LogP contribution in [0.2, 0.25) is 0 Å². The summed E-state index contributed by atoms with van der Waals surface area (Å²) in [5.41, 5.74) is -0.205. The van der Waals surface area contributed by atoms with Gasteiger partial charge in [-0.15, -0.1) is 0 Å². The van der Waals surface area contributed by atoms with E-state index in [-0.39, 0.29) is 0 Å². The van der Waals surface area contributed by atoms with Gasteiger partial charge in [0.25, 0.3) is 0 Å². The number of nitrogens with one attached hydrogen (secondary N) is 1. The lowest BCUT2D eigenvalue weighted by atomic mass is 10.2. The van der Waals surface area contributed by atoms with Crippen LogP contribution in [0.5, 0.6) is 0 Å². The Hall–Kier alpha value is -1.53. The van der Waals surface area contributed by atoms with E-state index in [9.17, 15) is 9.59 Å². The molecular weight excluding hydrogens is 204 g/mol. The van der Waals surface area contributed by atoms with Crippen molar-refractivity contribution in [3.63, 3.8) is 0 Å². The van der Waals surface area contributed by atoms with Crippen LogP contribution in [0.3, 0.4) is 0 Å². The van der Waals surface area contributed by atoms with Crippen molar-refractivity contribution in [2.75, 3.05) is 0 Å². The Kier molecular flexibility index (Phi) is 2.14. The lowest BCUT2D eigenvalue weighted by Crippen LogP contribution is -2.14. The van der Waals surface area contributed by atoms with Crippen LogP contribution in [0.25, 0.3) is 10.9 Å². The SMILES string of the molecule is NSc1ccc2[nH]c(=O)oc(=O)c2c1. The molecule has 0 aliphatic carbocycles. The van der Waals surface area contributed by atoms with E-state index in [1.165, 1.54) is 0 Å². The van der Waals surface area contributed by atoms with Crippen LogP contribution in [0.1, 0.15) is 0 Å². The van der Waals surface area contributed by atoms with Crippen molar-refractivity contribution in [3.8, 4) is 0 Å². The predicted octanol–water partition coefficient (Wildman–Crippen LogP) is 0.447. The van der Waals surface area contributed by atoms with Crippen molar-refractivity contribution < 1.29 is 4.42 Å². The Balaban J connectivity index is 2.89. The second-order valence-corrected chi connectivity index (χ2v) is 3.33. The Morgan fingerprint density at radius 1 is 1.36 bits per heavy atom. The number of fused-ring (bicyclic) bond motifs is 1. The zero-order valence-corrected chi connectivity index (χ0v) is 7.76. The molecule has 0 aliphatic heterocycles. The van der Waals surface area contributed by atoms with Gasteiger partial charge in [0.2, 0.25) is 0 Å². The first-order chi connectivity index (χ1) is 6.70. The molecule has 0 fully saturated rings. The molecule has 0 radical (unpaired) electrons. The number of aromatic amines is 1. The molecule has 2 rings (SSSR count). The van der Waals surface area contributed by atoms with Gasteiger partial charge in [-0.1, -0.05) is 0 Å². The van der Waals surface area contributed by atoms with Gasteiger partial charge in [0, 0.05) is 4.90 Å². The zero-order valence-electron chi connectivity index (χ0n) is 6.94. The van der Waals surface area contributed by atoms with Gasteiger partial charge in [0.15, 0.2) is 0 Å². The second kappa shape index (κ2) is 3.32. The lowest BCUT2D eigenvalue weighted by Gasteiger charge is -1.97. The van der Waals surface area contributed by atoms with Crippen molar-refractivity contribution in [1.82, 2.24) is 4.98 Å². The summed E-state index contributed by atoms with van der Waals surface area (Å²) in [7, 11) is 0. The molecule has 0 saturated heterocycles. The third kappa shape index (κ3) is 1.45. The summed E-state index contributed by atoms with van der Waals surface area (Å²) in [6.07, 6.45) is 0. The third-order valence-corrected chi connectivity index (χ3v) is 2.30. The maximum atomic E-state index is 11.2. The smallest absolute Gasteiger partial charge is 0.372 e. The molecule has 0 unspecified atom stereocenters. The fraction of sp³-hybridized carbons (Fsp3) is 0. The van der Waals surface area contributed by atoms with E-state index in [2.05, 4.69) is 9.40 Å². The number of aromatic nitrogens is 1. The molecule has 2 aromatic rings. The van der Waals surface area contributed by atoms with Gasteiger partial charge in [-0.2, -0.15) is 0 Å². The van der Waals surface area contributed by atoms with Crippen LogP contribution in [0, 0.1) is 0 Å². The summed E-state index contributed by atoms with van der Waals surface area (Å²) < 4.78 is 4.37. The summed E-state index contributed by atoms with van der Waals surface area (Å²) >= 11 is 1.02. The molecule has 1 aromatic carbocycles. The quantitative estimate of drug-likeness (QED) is 0.667. The third-order valence-electron chi connectivity index (χ3n) is 1.77. The minimum Gasteiger partial charge on any atom is -0.372 e. The first kappa shape index (κ1) is 9.04. The fourth-order valence-corrected chi connectivity index (χ4v) is 1.48. The van der Waals surface area contributed by atoms with E-state index in [0.717, 1.165) is 16.8 Å². The van der Waals surface area contributed by atoms with Gasteiger partial charge in [-0.3, -0.25) is 10.1 Å². The molecule has 1 heterocycles. The summed E-state index contributed by atoms with van der Waals surface area (Å²) in [4.78, 5) is 25.2.